The average molecular weight is 456 g/mol. The molecule has 0 atom stereocenters. The number of aromatic nitrogens is 2. The Labute approximate surface area is 177 Å². The lowest BCUT2D eigenvalue weighted by atomic mass is 9.86. The van der Waals surface area contributed by atoms with Gasteiger partial charge in [0.05, 0.1) is 18.1 Å². The van der Waals surface area contributed by atoms with Crippen molar-refractivity contribution in [2.24, 2.45) is 0 Å². The fourth-order valence-electron chi connectivity index (χ4n) is 4.40. The van der Waals surface area contributed by atoms with Gasteiger partial charge in [0.15, 0.2) is 0 Å². The van der Waals surface area contributed by atoms with Crippen LogP contribution in [0.5, 0.6) is 0 Å². The van der Waals surface area contributed by atoms with Crippen molar-refractivity contribution in [3.05, 3.63) is 46.2 Å². The summed E-state index contributed by atoms with van der Waals surface area (Å²) in [7, 11) is 0. The van der Waals surface area contributed by atoms with E-state index >= 15 is 0 Å². The van der Waals surface area contributed by atoms with Gasteiger partial charge in [-0.2, -0.15) is 0 Å². The second-order valence-electron chi connectivity index (χ2n) is 8.14. The van der Waals surface area contributed by atoms with Gasteiger partial charge in [0.2, 0.25) is 11.9 Å². The first-order chi connectivity index (χ1) is 14.0. The molecule has 1 aromatic carbocycles. The summed E-state index contributed by atoms with van der Waals surface area (Å²) >= 11 is 3.50. The van der Waals surface area contributed by atoms with Crippen LogP contribution >= 0.6 is 15.9 Å². The van der Waals surface area contributed by atoms with Crippen molar-refractivity contribution in [2.75, 3.05) is 36.4 Å². The minimum atomic E-state index is -0.274. The fraction of sp³-hybridized carbons (Fsp3) is 0.429. The van der Waals surface area contributed by atoms with Gasteiger partial charge in [-0.25, -0.2) is 9.97 Å². The maximum atomic E-state index is 12.9. The number of nitrogens with zero attached hydrogens (tertiary/aromatic N) is 4. The van der Waals surface area contributed by atoms with Gasteiger partial charge in [-0.3, -0.25) is 14.9 Å². The Morgan fingerprint density at radius 1 is 1.17 bits per heavy atom. The molecule has 3 aliphatic rings. The summed E-state index contributed by atoms with van der Waals surface area (Å²) in [6.07, 6.45) is 7.94. The Hall–Kier alpha value is -2.48. The van der Waals surface area contributed by atoms with E-state index in [0.717, 1.165) is 41.7 Å². The molecule has 3 heterocycles. The standard InChI is InChI=1S/C21H22BrN5O2/c22-14-3-4-16-17(9-14)21(5-6-21)13-27(19(16)29)12-18(28)25-20-23-10-15(11-24-20)26-7-1-2-8-26/h3-4,9-11H,1-2,5-8,12-13H2,(H,23,24,25,28). The van der Waals surface area contributed by atoms with E-state index < -0.39 is 0 Å². The van der Waals surface area contributed by atoms with Gasteiger partial charge in [0.1, 0.15) is 6.54 Å². The molecule has 150 valence electrons. The summed E-state index contributed by atoms with van der Waals surface area (Å²) in [5.74, 6) is -0.0954. The molecule has 2 aliphatic heterocycles. The van der Waals surface area contributed by atoms with E-state index in [4.69, 9.17) is 0 Å². The van der Waals surface area contributed by atoms with E-state index in [2.05, 4.69) is 36.1 Å². The van der Waals surface area contributed by atoms with Crippen LogP contribution in [0.3, 0.4) is 0 Å². The monoisotopic (exact) mass is 455 g/mol. The number of halogens is 1. The zero-order valence-electron chi connectivity index (χ0n) is 16.0. The normalized spacial score (nSPS) is 19.4. The van der Waals surface area contributed by atoms with Crippen LogP contribution in [0, 0.1) is 0 Å². The topological polar surface area (TPSA) is 78.4 Å². The van der Waals surface area contributed by atoms with Crippen molar-refractivity contribution < 1.29 is 9.59 Å². The van der Waals surface area contributed by atoms with Gasteiger partial charge in [-0.1, -0.05) is 15.9 Å². The second kappa shape index (κ2) is 7.09. The van der Waals surface area contributed by atoms with Crippen molar-refractivity contribution >= 4 is 39.4 Å². The van der Waals surface area contributed by atoms with Crippen LogP contribution in [0.15, 0.2) is 35.1 Å². The number of carbonyl (C=O) groups is 2. The van der Waals surface area contributed by atoms with Crippen molar-refractivity contribution in [3.8, 4) is 0 Å². The van der Waals surface area contributed by atoms with E-state index in [0.29, 0.717) is 12.1 Å². The van der Waals surface area contributed by atoms with E-state index in [1.54, 1.807) is 17.3 Å². The third-order valence-corrected chi connectivity index (χ3v) is 6.61. The predicted octanol–water partition coefficient (Wildman–Crippen LogP) is 2.97. The molecule has 5 rings (SSSR count). The first-order valence-corrected chi connectivity index (χ1v) is 10.8. The van der Waals surface area contributed by atoms with Crippen molar-refractivity contribution in [1.29, 1.82) is 0 Å². The minimum absolute atomic E-state index is 0.00117. The summed E-state index contributed by atoms with van der Waals surface area (Å²) in [6, 6.07) is 5.78. The molecule has 29 heavy (non-hydrogen) atoms. The van der Waals surface area contributed by atoms with Crippen LogP contribution in [0.1, 0.15) is 41.6 Å². The molecule has 1 saturated carbocycles. The van der Waals surface area contributed by atoms with Crippen LogP contribution in [0.25, 0.3) is 0 Å². The van der Waals surface area contributed by atoms with Gasteiger partial charge >= 0.3 is 0 Å². The second-order valence-corrected chi connectivity index (χ2v) is 9.05. The molecule has 1 aromatic heterocycles. The van der Waals surface area contributed by atoms with E-state index in [1.165, 1.54) is 12.8 Å². The zero-order valence-corrected chi connectivity index (χ0v) is 17.6. The maximum absolute atomic E-state index is 12.9. The van der Waals surface area contributed by atoms with Gasteiger partial charge in [-0.05, 0) is 49.4 Å². The largest absolute Gasteiger partial charge is 0.369 e. The highest BCUT2D eigenvalue weighted by Crippen LogP contribution is 2.52. The van der Waals surface area contributed by atoms with Crippen LogP contribution in [-0.4, -0.2) is 52.9 Å². The molecule has 2 amide bonds. The van der Waals surface area contributed by atoms with E-state index in [-0.39, 0.29) is 29.7 Å². The summed E-state index contributed by atoms with van der Waals surface area (Å²) in [6.45, 7) is 2.63. The first-order valence-electron chi connectivity index (χ1n) is 10.0. The van der Waals surface area contributed by atoms with Crippen LogP contribution in [0.2, 0.25) is 0 Å². The summed E-state index contributed by atoms with van der Waals surface area (Å²) in [4.78, 5) is 37.9. The highest BCUT2D eigenvalue weighted by atomic mass is 79.9. The molecule has 0 unspecified atom stereocenters. The molecule has 8 heteroatoms. The Bertz CT molecular complexity index is 968. The van der Waals surface area contributed by atoms with Crippen LogP contribution < -0.4 is 10.2 Å². The maximum Gasteiger partial charge on any atom is 0.254 e. The lowest BCUT2D eigenvalue weighted by Crippen LogP contribution is -2.46. The molecule has 2 fully saturated rings. The number of carbonyl (C=O) groups excluding carboxylic acids is 2. The number of benzene rings is 1. The average Bonchev–Trinajstić information content (AvgIpc) is 3.27. The summed E-state index contributed by atoms with van der Waals surface area (Å²) < 4.78 is 0.982. The van der Waals surface area contributed by atoms with E-state index in [1.807, 2.05) is 18.2 Å². The smallest absolute Gasteiger partial charge is 0.254 e. The van der Waals surface area contributed by atoms with Crippen molar-refractivity contribution in [1.82, 2.24) is 14.9 Å². The molecule has 1 N–H and O–H groups in total. The molecule has 1 saturated heterocycles. The lowest BCUT2D eigenvalue weighted by Gasteiger charge is -2.34. The minimum Gasteiger partial charge on any atom is -0.369 e. The number of amides is 2. The third-order valence-electron chi connectivity index (χ3n) is 6.11. The molecular weight excluding hydrogens is 434 g/mol. The predicted molar refractivity (Wildman–Crippen MR) is 113 cm³/mol. The van der Waals surface area contributed by atoms with Gasteiger partial charge in [0, 0.05) is 35.1 Å². The van der Waals surface area contributed by atoms with Crippen LogP contribution in [-0.2, 0) is 10.2 Å². The molecule has 2 aromatic rings. The summed E-state index contributed by atoms with van der Waals surface area (Å²) in [5.41, 5.74) is 2.79. The number of hydrogen-bond donors (Lipinski definition) is 1. The van der Waals surface area contributed by atoms with Crippen molar-refractivity contribution in [3.63, 3.8) is 0 Å². The molecule has 7 nitrogen and oxygen atoms in total. The zero-order chi connectivity index (χ0) is 20.0. The van der Waals surface area contributed by atoms with Gasteiger partial charge in [-0.15, -0.1) is 0 Å². The molecule has 0 radical (unpaired) electrons. The van der Waals surface area contributed by atoms with Gasteiger partial charge < -0.3 is 9.80 Å². The Kier molecular flexibility index (Phi) is 4.53. The molecule has 0 bridgehead atoms. The van der Waals surface area contributed by atoms with E-state index in [9.17, 15) is 9.59 Å². The number of nitrogens with one attached hydrogen (secondary N) is 1. The highest BCUT2D eigenvalue weighted by Gasteiger charge is 2.51. The number of anilines is 2. The lowest BCUT2D eigenvalue weighted by molar-refractivity contribution is -0.117. The highest BCUT2D eigenvalue weighted by molar-refractivity contribution is 9.10. The SMILES string of the molecule is O=C(CN1CC2(CC2)c2cc(Br)ccc2C1=O)Nc1ncc(N2CCCC2)cn1. The fourth-order valence-corrected chi connectivity index (χ4v) is 4.76. The third kappa shape index (κ3) is 3.50. The quantitative estimate of drug-likeness (QED) is 0.766. The number of fused-ring (bicyclic) bond motifs is 2. The molecular formula is C21H22BrN5O2. The number of hydrogen-bond acceptors (Lipinski definition) is 5. The van der Waals surface area contributed by atoms with Crippen LogP contribution in [0.4, 0.5) is 11.6 Å². The Balaban J connectivity index is 1.26. The Morgan fingerprint density at radius 3 is 2.59 bits per heavy atom. The van der Waals surface area contributed by atoms with Crippen molar-refractivity contribution in [2.45, 2.75) is 31.1 Å². The van der Waals surface area contributed by atoms with Gasteiger partial charge in [0.25, 0.3) is 5.91 Å². The first kappa shape index (κ1) is 18.5. The number of rotatable bonds is 4. The summed E-state index contributed by atoms with van der Waals surface area (Å²) in [5, 5.41) is 2.73. The molecule has 1 aliphatic carbocycles. The Morgan fingerprint density at radius 2 is 1.90 bits per heavy atom. The molecule has 1 spiro atoms.